The summed E-state index contributed by atoms with van der Waals surface area (Å²) in [5.74, 6) is 1.21. The summed E-state index contributed by atoms with van der Waals surface area (Å²) in [5.41, 5.74) is 1.49. The summed E-state index contributed by atoms with van der Waals surface area (Å²) in [7, 11) is -3.73. The SMILES string of the molecule is Cc1nc(-c2cccc(Cl)c2)n(-c2ccc(S(N)(=O)=O)cc2)n1. The van der Waals surface area contributed by atoms with Crippen LogP contribution in [0, 0.1) is 6.92 Å². The number of aryl methyl sites for hydroxylation is 1. The van der Waals surface area contributed by atoms with E-state index >= 15 is 0 Å². The van der Waals surface area contributed by atoms with E-state index in [4.69, 9.17) is 16.7 Å². The molecule has 0 saturated carbocycles. The van der Waals surface area contributed by atoms with Crippen molar-refractivity contribution in [2.45, 2.75) is 11.8 Å². The first-order valence-electron chi connectivity index (χ1n) is 6.67. The van der Waals surface area contributed by atoms with Crippen LogP contribution in [0.1, 0.15) is 5.82 Å². The van der Waals surface area contributed by atoms with Crippen molar-refractivity contribution in [3.8, 4) is 17.1 Å². The summed E-state index contributed by atoms with van der Waals surface area (Å²) in [6, 6.07) is 13.4. The Balaban J connectivity index is 2.11. The van der Waals surface area contributed by atoms with E-state index in [1.54, 1.807) is 35.9 Å². The molecule has 118 valence electrons. The van der Waals surface area contributed by atoms with Crippen LogP contribution in [0.3, 0.4) is 0 Å². The standard InChI is InChI=1S/C15H13ClN4O2S/c1-10-18-15(11-3-2-4-12(16)9-11)20(19-10)13-5-7-14(8-6-13)23(17,21)22/h2-9H,1H3,(H2,17,21,22). The van der Waals surface area contributed by atoms with Gasteiger partial charge in [0.25, 0.3) is 0 Å². The summed E-state index contributed by atoms with van der Waals surface area (Å²) in [6.45, 7) is 1.78. The Morgan fingerprint density at radius 3 is 2.43 bits per heavy atom. The molecule has 0 saturated heterocycles. The van der Waals surface area contributed by atoms with Crippen molar-refractivity contribution in [2.24, 2.45) is 5.14 Å². The van der Waals surface area contributed by atoms with Crippen molar-refractivity contribution in [1.82, 2.24) is 14.8 Å². The molecule has 3 rings (SSSR count). The molecule has 0 aliphatic heterocycles. The number of nitrogens with two attached hydrogens (primary N) is 1. The predicted octanol–water partition coefficient (Wildman–Crippen LogP) is 2.54. The van der Waals surface area contributed by atoms with E-state index in [0.29, 0.717) is 22.4 Å². The lowest BCUT2D eigenvalue weighted by Gasteiger charge is -2.07. The molecule has 2 aromatic carbocycles. The van der Waals surface area contributed by atoms with E-state index in [0.717, 1.165) is 5.56 Å². The molecule has 0 aliphatic carbocycles. The van der Waals surface area contributed by atoms with Crippen molar-refractivity contribution >= 4 is 21.6 Å². The maximum atomic E-state index is 11.3. The number of aromatic nitrogens is 3. The van der Waals surface area contributed by atoms with Crippen LogP contribution in [0.2, 0.25) is 5.02 Å². The van der Waals surface area contributed by atoms with Crippen LogP contribution in [-0.2, 0) is 10.0 Å². The van der Waals surface area contributed by atoms with Crippen LogP contribution in [0.25, 0.3) is 17.1 Å². The maximum Gasteiger partial charge on any atom is 0.238 e. The Hall–Kier alpha value is -2.22. The third-order valence-corrected chi connectivity index (χ3v) is 4.37. The molecule has 1 aromatic heterocycles. The average molecular weight is 349 g/mol. The Morgan fingerprint density at radius 1 is 1.13 bits per heavy atom. The van der Waals surface area contributed by atoms with Gasteiger partial charge in [0, 0.05) is 10.6 Å². The highest BCUT2D eigenvalue weighted by atomic mass is 35.5. The van der Waals surface area contributed by atoms with Crippen molar-refractivity contribution in [3.05, 3.63) is 59.4 Å². The molecule has 8 heteroatoms. The van der Waals surface area contributed by atoms with Crippen molar-refractivity contribution in [3.63, 3.8) is 0 Å². The lowest BCUT2D eigenvalue weighted by atomic mass is 10.2. The van der Waals surface area contributed by atoms with E-state index < -0.39 is 10.0 Å². The highest BCUT2D eigenvalue weighted by Crippen LogP contribution is 2.24. The molecule has 1 heterocycles. The van der Waals surface area contributed by atoms with Crippen LogP contribution in [0.5, 0.6) is 0 Å². The van der Waals surface area contributed by atoms with Crippen LogP contribution in [0.4, 0.5) is 0 Å². The monoisotopic (exact) mass is 348 g/mol. The summed E-state index contributed by atoms with van der Waals surface area (Å²) >= 11 is 6.03. The molecular formula is C15H13ClN4O2S. The summed E-state index contributed by atoms with van der Waals surface area (Å²) in [6.07, 6.45) is 0. The first-order chi connectivity index (χ1) is 10.8. The number of nitrogens with zero attached hydrogens (tertiary/aromatic N) is 3. The van der Waals surface area contributed by atoms with Gasteiger partial charge in [0.05, 0.1) is 10.6 Å². The minimum Gasteiger partial charge on any atom is -0.225 e. The first-order valence-corrected chi connectivity index (χ1v) is 8.60. The number of benzene rings is 2. The number of sulfonamides is 1. The van der Waals surface area contributed by atoms with Crippen LogP contribution in [0.15, 0.2) is 53.4 Å². The molecule has 0 spiro atoms. The molecule has 0 aliphatic rings. The molecule has 2 N–H and O–H groups in total. The Morgan fingerprint density at radius 2 is 1.83 bits per heavy atom. The summed E-state index contributed by atoms with van der Waals surface area (Å²) in [4.78, 5) is 4.46. The topological polar surface area (TPSA) is 90.9 Å². The van der Waals surface area contributed by atoms with E-state index in [-0.39, 0.29) is 4.90 Å². The van der Waals surface area contributed by atoms with Crippen LogP contribution in [-0.4, -0.2) is 23.2 Å². The molecule has 0 bridgehead atoms. The highest BCUT2D eigenvalue weighted by Gasteiger charge is 2.13. The fourth-order valence-electron chi connectivity index (χ4n) is 2.19. The van der Waals surface area contributed by atoms with E-state index in [2.05, 4.69) is 10.1 Å². The second kappa shape index (κ2) is 5.77. The zero-order valence-electron chi connectivity index (χ0n) is 12.1. The van der Waals surface area contributed by atoms with Crippen molar-refractivity contribution in [1.29, 1.82) is 0 Å². The third-order valence-electron chi connectivity index (χ3n) is 3.21. The Kier molecular flexibility index (Phi) is 3.93. The molecule has 0 amide bonds. The van der Waals surface area contributed by atoms with Gasteiger partial charge in [0.2, 0.25) is 10.0 Å². The van der Waals surface area contributed by atoms with Crippen molar-refractivity contribution in [2.75, 3.05) is 0 Å². The van der Waals surface area contributed by atoms with Gasteiger partial charge in [0.15, 0.2) is 5.82 Å². The van der Waals surface area contributed by atoms with Crippen LogP contribution >= 0.6 is 11.6 Å². The molecular weight excluding hydrogens is 336 g/mol. The smallest absolute Gasteiger partial charge is 0.225 e. The molecule has 0 atom stereocenters. The molecule has 0 radical (unpaired) electrons. The largest absolute Gasteiger partial charge is 0.238 e. The minimum absolute atomic E-state index is 0.0439. The zero-order valence-corrected chi connectivity index (χ0v) is 13.7. The van der Waals surface area contributed by atoms with Gasteiger partial charge in [-0.1, -0.05) is 23.7 Å². The molecule has 23 heavy (non-hydrogen) atoms. The van der Waals surface area contributed by atoms with Gasteiger partial charge in [-0.3, -0.25) is 0 Å². The highest BCUT2D eigenvalue weighted by molar-refractivity contribution is 7.89. The van der Waals surface area contributed by atoms with E-state index in [1.165, 1.54) is 12.1 Å². The van der Waals surface area contributed by atoms with Gasteiger partial charge in [-0.2, -0.15) is 5.10 Å². The van der Waals surface area contributed by atoms with Gasteiger partial charge >= 0.3 is 0 Å². The summed E-state index contributed by atoms with van der Waals surface area (Å²) in [5, 5.41) is 10.1. The minimum atomic E-state index is -3.73. The number of primary sulfonamides is 1. The predicted molar refractivity (Wildman–Crippen MR) is 87.9 cm³/mol. The second-order valence-electron chi connectivity index (χ2n) is 4.94. The quantitative estimate of drug-likeness (QED) is 0.787. The molecule has 0 fully saturated rings. The van der Waals surface area contributed by atoms with E-state index in [1.807, 2.05) is 12.1 Å². The van der Waals surface area contributed by atoms with Gasteiger partial charge in [-0.25, -0.2) is 23.2 Å². The Bertz CT molecular complexity index is 965. The lowest BCUT2D eigenvalue weighted by molar-refractivity contribution is 0.598. The zero-order chi connectivity index (χ0) is 16.6. The molecule has 0 unspecified atom stereocenters. The Labute approximate surface area is 138 Å². The van der Waals surface area contributed by atoms with Crippen LogP contribution < -0.4 is 5.14 Å². The fourth-order valence-corrected chi connectivity index (χ4v) is 2.89. The van der Waals surface area contributed by atoms with Gasteiger partial charge in [-0.05, 0) is 43.3 Å². The fraction of sp³-hybridized carbons (Fsp3) is 0.0667. The first kappa shape index (κ1) is 15.7. The second-order valence-corrected chi connectivity index (χ2v) is 6.94. The molecule has 3 aromatic rings. The van der Waals surface area contributed by atoms with Gasteiger partial charge in [0.1, 0.15) is 5.82 Å². The van der Waals surface area contributed by atoms with Gasteiger partial charge in [-0.15, -0.1) is 0 Å². The average Bonchev–Trinajstić information content (AvgIpc) is 2.88. The lowest BCUT2D eigenvalue weighted by Crippen LogP contribution is -2.12. The molecule has 6 nitrogen and oxygen atoms in total. The number of hydrogen-bond donors (Lipinski definition) is 1. The van der Waals surface area contributed by atoms with Crippen molar-refractivity contribution < 1.29 is 8.42 Å². The summed E-state index contributed by atoms with van der Waals surface area (Å²) < 4.78 is 24.3. The number of rotatable bonds is 3. The third kappa shape index (κ3) is 3.26. The van der Waals surface area contributed by atoms with E-state index in [9.17, 15) is 8.42 Å². The number of halogens is 1. The maximum absolute atomic E-state index is 11.3. The number of hydrogen-bond acceptors (Lipinski definition) is 4. The normalized spacial score (nSPS) is 11.6. The van der Waals surface area contributed by atoms with Gasteiger partial charge < -0.3 is 0 Å².